The zero-order valence-corrected chi connectivity index (χ0v) is 11.6. The first-order chi connectivity index (χ1) is 10.2. The number of hydrogen-bond acceptors (Lipinski definition) is 3. The summed E-state index contributed by atoms with van der Waals surface area (Å²) in [5, 5.41) is 8.38. The average Bonchev–Trinajstić information content (AvgIpc) is 3.11. The lowest BCUT2D eigenvalue weighted by Gasteiger charge is -2.15. The monoisotopic (exact) mass is 290 g/mol. The minimum absolute atomic E-state index is 0.0811. The van der Waals surface area contributed by atoms with Crippen molar-refractivity contribution in [3.05, 3.63) is 24.3 Å². The number of ether oxygens (including phenoxy) is 1. The highest BCUT2D eigenvalue weighted by atomic mass is 16.5. The fourth-order valence-corrected chi connectivity index (χ4v) is 2.44. The van der Waals surface area contributed by atoms with Crippen molar-refractivity contribution in [1.82, 2.24) is 10.6 Å². The van der Waals surface area contributed by atoms with Gasteiger partial charge in [0.25, 0.3) is 0 Å². The Hall–Kier alpha value is -2.28. The second-order valence-corrected chi connectivity index (χ2v) is 5.09. The van der Waals surface area contributed by atoms with Crippen LogP contribution in [0.5, 0.6) is 0 Å². The smallest absolute Gasteiger partial charge is 0.321 e. The second kappa shape index (κ2) is 6.01. The van der Waals surface area contributed by atoms with Crippen molar-refractivity contribution >= 4 is 23.4 Å². The van der Waals surface area contributed by atoms with Gasteiger partial charge in [-0.05, 0) is 30.7 Å². The van der Waals surface area contributed by atoms with Gasteiger partial charge in [0.05, 0.1) is 12.6 Å². The lowest BCUT2D eigenvalue weighted by Crippen LogP contribution is -2.38. The van der Waals surface area contributed by atoms with Gasteiger partial charge in [-0.15, -0.1) is 0 Å². The van der Waals surface area contributed by atoms with Crippen molar-refractivity contribution < 1.29 is 14.3 Å². The molecule has 4 amide bonds. The first-order valence-corrected chi connectivity index (χ1v) is 7.03. The molecule has 0 spiro atoms. The van der Waals surface area contributed by atoms with E-state index in [0.717, 1.165) is 12.1 Å². The van der Waals surface area contributed by atoms with Gasteiger partial charge in [-0.3, -0.25) is 4.90 Å². The van der Waals surface area contributed by atoms with Gasteiger partial charge in [-0.2, -0.15) is 0 Å². The van der Waals surface area contributed by atoms with Crippen molar-refractivity contribution in [2.24, 2.45) is 0 Å². The number of anilines is 2. The minimum atomic E-state index is -0.239. The first kappa shape index (κ1) is 13.7. The molecule has 3 N–H and O–H groups in total. The molecule has 7 heteroatoms. The molecule has 2 saturated heterocycles. The third-order valence-electron chi connectivity index (χ3n) is 3.56. The molecule has 2 heterocycles. The van der Waals surface area contributed by atoms with Crippen LogP contribution in [0.1, 0.15) is 6.42 Å². The molecule has 21 heavy (non-hydrogen) atoms. The van der Waals surface area contributed by atoms with Crippen molar-refractivity contribution in [3.8, 4) is 0 Å². The molecule has 1 aromatic carbocycles. The Kier molecular flexibility index (Phi) is 3.92. The maximum absolute atomic E-state index is 11.8. The summed E-state index contributed by atoms with van der Waals surface area (Å²) in [6.07, 6.45) is 0.844. The molecule has 0 bridgehead atoms. The van der Waals surface area contributed by atoms with Crippen molar-refractivity contribution in [2.75, 3.05) is 36.5 Å². The summed E-state index contributed by atoms with van der Waals surface area (Å²) in [4.78, 5) is 25.0. The molecule has 2 aliphatic heterocycles. The van der Waals surface area contributed by atoms with Crippen LogP contribution in [0, 0.1) is 0 Å². The maximum Gasteiger partial charge on any atom is 0.321 e. The van der Waals surface area contributed by atoms with Crippen LogP contribution in [0.4, 0.5) is 21.0 Å². The molecule has 2 aliphatic rings. The highest BCUT2D eigenvalue weighted by molar-refractivity contribution is 5.94. The van der Waals surface area contributed by atoms with Gasteiger partial charge >= 0.3 is 12.1 Å². The molecular formula is C14H18N4O3. The third-order valence-corrected chi connectivity index (χ3v) is 3.56. The molecule has 112 valence electrons. The lowest BCUT2D eigenvalue weighted by molar-refractivity contribution is 0.189. The Bertz CT molecular complexity index is 526. The summed E-state index contributed by atoms with van der Waals surface area (Å²) >= 11 is 0. The van der Waals surface area contributed by atoms with Crippen LogP contribution < -0.4 is 20.9 Å². The van der Waals surface area contributed by atoms with Gasteiger partial charge in [0.2, 0.25) is 0 Å². The normalized spacial score (nSPS) is 21.2. The average molecular weight is 290 g/mol. The molecule has 7 nitrogen and oxygen atoms in total. The van der Waals surface area contributed by atoms with E-state index in [1.54, 1.807) is 17.0 Å². The topological polar surface area (TPSA) is 82.7 Å². The summed E-state index contributed by atoms with van der Waals surface area (Å²) in [5.41, 5.74) is 1.51. The molecule has 2 fully saturated rings. The number of rotatable bonds is 3. The molecule has 0 saturated carbocycles. The van der Waals surface area contributed by atoms with E-state index in [1.807, 2.05) is 12.1 Å². The number of hydrogen-bond donors (Lipinski definition) is 3. The predicted octanol–water partition coefficient (Wildman–Crippen LogP) is 1.13. The van der Waals surface area contributed by atoms with E-state index in [9.17, 15) is 9.59 Å². The number of carbonyl (C=O) groups is 2. The molecule has 0 aliphatic carbocycles. The van der Waals surface area contributed by atoms with Gasteiger partial charge in [0, 0.05) is 31.1 Å². The molecule has 1 aromatic rings. The lowest BCUT2D eigenvalue weighted by atomic mass is 10.2. The van der Waals surface area contributed by atoms with Crippen LogP contribution in [0.15, 0.2) is 24.3 Å². The highest BCUT2D eigenvalue weighted by Gasteiger charge is 2.21. The largest absolute Gasteiger partial charge is 0.379 e. The minimum Gasteiger partial charge on any atom is -0.379 e. The molecule has 0 radical (unpaired) electrons. The summed E-state index contributed by atoms with van der Waals surface area (Å²) < 4.78 is 5.21. The van der Waals surface area contributed by atoms with Crippen LogP contribution in [0.25, 0.3) is 0 Å². The van der Waals surface area contributed by atoms with E-state index in [-0.39, 0.29) is 18.1 Å². The van der Waals surface area contributed by atoms with E-state index in [4.69, 9.17) is 4.74 Å². The Labute approximate surface area is 122 Å². The fourth-order valence-electron chi connectivity index (χ4n) is 2.44. The van der Waals surface area contributed by atoms with E-state index >= 15 is 0 Å². The van der Waals surface area contributed by atoms with Crippen molar-refractivity contribution in [2.45, 2.75) is 12.5 Å². The zero-order valence-electron chi connectivity index (χ0n) is 11.6. The number of nitrogens with one attached hydrogen (secondary N) is 3. The highest BCUT2D eigenvalue weighted by Crippen LogP contribution is 2.19. The molecule has 3 rings (SSSR count). The third kappa shape index (κ3) is 3.25. The Balaban J connectivity index is 1.56. The summed E-state index contributed by atoms with van der Waals surface area (Å²) in [6.45, 7) is 2.58. The Morgan fingerprint density at radius 2 is 2.14 bits per heavy atom. The predicted molar refractivity (Wildman–Crippen MR) is 78.6 cm³/mol. The van der Waals surface area contributed by atoms with E-state index in [2.05, 4.69) is 16.0 Å². The van der Waals surface area contributed by atoms with Gasteiger partial charge in [-0.1, -0.05) is 0 Å². The number of amides is 4. The van der Waals surface area contributed by atoms with Gasteiger partial charge in [0.1, 0.15) is 0 Å². The van der Waals surface area contributed by atoms with E-state index in [0.29, 0.717) is 32.0 Å². The quantitative estimate of drug-likeness (QED) is 0.780. The number of urea groups is 2. The molecule has 1 atom stereocenters. The van der Waals surface area contributed by atoms with Crippen molar-refractivity contribution in [1.29, 1.82) is 0 Å². The van der Waals surface area contributed by atoms with Gasteiger partial charge < -0.3 is 20.7 Å². The van der Waals surface area contributed by atoms with Crippen LogP contribution in [-0.2, 0) is 4.74 Å². The SMILES string of the molecule is O=C(Nc1ccc(N2CCNC2=O)cc1)NC1CCOC1. The zero-order chi connectivity index (χ0) is 14.7. The second-order valence-electron chi connectivity index (χ2n) is 5.09. The molecule has 0 aromatic heterocycles. The van der Waals surface area contributed by atoms with E-state index in [1.165, 1.54) is 0 Å². The number of benzene rings is 1. The summed E-state index contributed by atoms with van der Waals surface area (Å²) in [5.74, 6) is 0. The fraction of sp³-hybridized carbons (Fsp3) is 0.429. The molecular weight excluding hydrogens is 272 g/mol. The van der Waals surface area contributed by atoms with Gasteiger partial charge in [-0.25, -0.2) is 9.59 Å². The Morgan fingerprint density at radius 3 is 2.76 bits per heavy atom. The summed E-state index contributed by atoms with van der Waals surface area (Å²) in [7, 11) is 0. The number of nitrogens with zero attached hydrogens (tertiary/aromatic N) is 1. The first-order valence-electron chi connectivity index (χ1n) is 7.03. The van der Waals surface area contributed by atoms with E-state index < -0.39 is 0 Å². The van der Waals surface area contributed by atoms with Crippen LogP contribution in [-0.4, -0.2) is 44.4 Å². The van der Waals surface area contributed by atoms with Crippen LogP contribution in [0.3, 0.4) is 0 Å². The standard InChI is InChI=1S/C14H18N4O3/c19-13(17-11-5-8-21-9-11)16-10-1-3-12(4-2-10)18-7-6-15-14(18)20/h1-4,11H,5-9H2,(H,15,20)(H2,16,17,19). The van der Waals surface area contributed by atoms with Gasteiger partial charge in [0.15, 0.2) is 0 Å². The van der Waals surface area contributed by atoms with Crippen LogP contribution in [0.2, 0.25) is 0 Å². The number of carbonyl (C=O) groups excluding carboxylic acids is 2. The maximum atomic E-state index is 11.8. The Morgan fingerprint density at radius 1 is 1.33 bits per heavy atom. The molecule has 1 unspecified atom stereocenters. The van der Waals surface area contributed by atoms with Crippen LogP contribution >= 0.6 is 0 Å². The summed E-state index contributed by atoms with van der Waals surface area (Å²) in [6, 6.07) is 6.96. The van der Waals surface area contributed by atoms with Crippen molar-refractivity contribution in [3.63, 3.8) is 0 Å².